The van der Waals surface area contributed by atoms with Crippen molar-refractivity contribution >= 4 is 39.1 Å². The largest absolute Gasteiger partial charge is 0.0836 e. The molecule has 0 radical (unpaired) electrons. The van der Waals surface area contributed by atoms with Crippen molar-refractivity contribution in [2.45, 2.75) is 30.5 Å². The molecular formula is C14H15BrCl2. The molecule has 0 amide bonds. The molecule has 0 aliphatic heterocycles. The Morgan fingerprint density at radius 1 is 1.12 bits per heavy atom. The van der Waals surface area contributed by atoms with Gasteiger partial charge in [0.2, 0.25) is 0 Å². The zero-order valence-corrected chi connectivity index (χ0v) is 12.6. The molecule has 0 spiro atoms. The summed E-state index contributed by atoms with van der Waals surface area (Å²) < 4.78 is 0. The van der Waals surface area contributed by atoms with Gasteiger partial charge in [-0.25, -0.2) is 0 Å². The highest BCUT2D eigenvalue weighted by Gasteiger charge is 2.42. The maximum atomic E-state index is 6.09. The third-order valence-electron chi connectivity index (χ3n) is 4.43. The van der Waals surface area contributed by atoms with Crippen LogP contribution in [0.1, 0.15) is 36.1 Å². The standard InChI is InChI=1S/C14H15BrCl2/c15-14(10-3-4-12(16)13(17)7-10)11-6-8-1-2-9(11)5-8/h3-4,7-9,11,14H,1-2,5-6H2. The number of benzene rings is 1. The van der Waals surface area contributed by atoms with Gasteiger partial charge in [-0.1, -0.05) is 51.6 Å². The van der Waals surface area contributed by atoms with Gasteiger partial charge in [-0.15, -0.1) is 0 Å². The molecule has 2 aliphatic carbocycles. The van der Waals surface area contributed by atoms with Crippen molar-refractivity contribution in [1.29, 1.82) is 0 Å². The summed E-state index contributed by atoms with van der Waals surface area (Å²) in [6, 6.07) is 6.01. The topological polar surface area (TPSA) is 0 Å². The van der Waals surface area contributed by atoms with Crippen molar-refractivity contribution in [3.05, 3.63) is 33.8 Å². The van der Waals surface area contributed by atoms with Gasteiger partial charge in [0, 0.05) is 4.83 Å². The van der Waals surface area contributed by atoms with Crippen LogP contribution < -0.4 is 0 Å². The molecule has 2 saturated carbocycles. The normalized spacial score (nSPS) is 33.0. The van der Waals surface area contributed by atoms with E-state index < -0.39 is 0 Å². The van der Waals surface area contributed by atoms with Crippen molar-refractivity contribution in [2.75, 3.05) is 0 Å². The predicted molar refractivity (Wildman–Crippen MR) is 77.1 cm³/mol. The molecule has 0 aromatic heterocycles. The molecule has 17 heavy (non-hydrogen) atoms. The lowest BCUT2D eigenvalue weighted by molar-refractivity contribution is 0.329. The Morgan fingerprint density at radius 3 is 2.53 bits per heavy atom. The zero-order valence-electron chi connectivity index (χ0n) is 9.50. The summed E-state index contributed by atoms with van der Waals surface area (Å²) in [7, 11) is 0. The van der Waals surface area contributed by atoms with Gasteiger partial charge in [-0.2, -0.15) is 0 Å². The van der Waals surface area contributed by atoms with Crippen LogP contribution >= 0.6 is 39.1 Å². The fourth-order valence-electron chi connectivity index (χ4n) is 3.58. The molecule has 3 rings (SSSR count). The van der Waals surface area contributed by atoms with Crippen LogP contribution in [0, 0.1) is 17.8 Å². The van der Waals surface area contributed by atoms with Crippen LogP contribution in [0.15, 0.2) is 18.2 Å². The van der Waals surface area contributed by atoms with Crippen molar-refractivity contribution in [2.24, 2.45) is 17.8 Å². The second kappa shape index (κ2) is 4.75. The van der Waals surface area contributed by atoms with E-state index in [2.05, 4.69) is 22.0 Å². The summed E-state index contributed by atoms with van der Waals surface area (Å²) in [5.41, 5.74) is 1.27. The average Bonchev–Trinajstić information content (AvgIpc) is 2.93. The minimum Gasteiger partial charge on any atom is -0.0836 e. The minimum absolute atomic E-state index is 0.438. The fraction of sp³-hybridized carbons (Fsp3) is 0.571. The summed E-state index contributed by atoms with van der Waals surface area (Å²) >= 11 is 15.9. The molecule has 2 bridgehead atoms. The fourth-order valence-corrected chi connectivity index (χ4v) is 4.82. The summed E-state index contributed by atoms with van der Waals surface area (Å²) in [4.78, 5) is 0.438. The van der Waals surface area contributed by atoms with E-state index in [1.54, 1.807) is 0 Å². The monoisotopic (exact) mass is 332 g/mol. The molecule has 0 saturated heterocycles. The van der Waals surface area contributed by atoms with Gasteiger partial charge in [0.05, 0.1) is 10.0 Å². The van der Waals surface area contributed by atoms with Crippen LogP contribution in [0.5, 0.6) is 0 Å². The van der Waals surface area contributed by atoms with Gasteiger partial charge in [-0.3, -0.25) is 0 Å². The Hall–Kier alpha value is 0.280. The molecule has 2 fully saturated rings. The summed E-state index contributed by atoms with van der Waals surface area (Å²) in [5, 5.41) is 1.31. The molecule has 2 aliphatic rings. The zero-order chi connectivity index (χ0) is 12.0. The Labute approximate surface area is 121 Å². The van der Waals surface area contributed by atoms with E-state index in [4.69, 9.17) is 23.2 Å². The molecule has 4 atom stereocenters. The van der Waals surface area contributed by atoms with Crippen molar-refractivity contribution in [3.63, 3.8) is 0 Å². The van der Waals surface area contributed by atoms with Gasteiger partial charge >= 0.3 is 0 Å². The first-order valence-electron chi connectivity index (χ1n) is 6.24. The molecule has 3 heteroatoms. The van der Waals surface area contributed by atoms with E-state index in [9.17, 15) is 0 Å². The molecular weight excluding hydrogens is 319 g/mol. The van der Waals surface area contributed by atoms with Crippen LogP contribution in [-0.4, -0.2) is 0 Å². The quantitative estimate of drug-likeness (QED) is 0.594. The van der Waals surface area contributed by atoms with Crippen molar-refractivity contribution < 1.29 is 0 Å². The average molecular weight is 334 g/mol. The van der Waals surface area contributed by atoms with Gasteiger partial charge < -0.3 is 0 Å². The number of halogens is 3. The molecule has 0 nitrogen and oxygen atoms in total. The number of hydrogen-bond acceptors (Lipinski definition) is 0. The van der Waals surface area contributed by atoms with Gasteiger partial charge in [0.25, 0.3) is 0 Å². The maximum absolute atomic E-state index is 6.09. The Bertz CT molecular complexity index is 432. The third-order valence-corrected chi connectivity index (χ3v) is 6.38. The second-order valence-corrected chi connectivity index (χ2v) is 7.21. The first kappa shape index (κ1) is 12.3. The lowest BCUT2D eigenvalue weighted by atomic mass is 9.84. The highest BCUT2D eigenvalue weighted by Crippen LogP contribution is 2.55. The molecule has 1 aromatic carbocycles. The summed E-state index contributed by atoms with van der Waals surface area (Å²) in [6.45, 7) is 0. The van der Waals surface area contributed by atoms with E-state index in [-0.39, 0.29) is 0 Å². The number of fused-ring (bicyclic) bond motifs is 2. The lowest BCUT2D eigenvalue weighted by Gasteiger charge is -2.27. The van der Waals surface area contributed by atoms with E-state index in [0.29, 0.717) is 14.9 Å². The number of hydrogen-bond donors (Lipinski definition) is 0. The van der Waals surface area contributed by atoms with Crippen LogP contribution in [0.2, 0.25) is 10.0 Å². The predicted octanol–water partition coefficient (Wildman–Crippen LogP) is 5.87. The van der Waals surface area contributed by atoms with E-state index >= 15 is 0 Å². The minimum atomic E-state index is 0.438. The van der Waals surface area contributed by atoms with E-state index in [0.717, 1.165) is 17.8 Å². The maximum Gasteiger partial charge on any atom is 0.0595 e. The van der Waals surface area contributed by atoms with Crippen LogP contribution in [0.25, 0.3) is 0 Å². The molecule has 4 unspecified atom stereocenters. The van der Waals surface area contributed by atoms with E-state index in [1.165, 1.54) is 31.2 Å². The third kappa shape index (κ3) is 2.27. The highest BCUT2D eigenvalue weighted by atomic mass is 79.9. The Kier molecular flexibility index (Phi) is 3.44. The molecule has 0 heterocycles. The molecule has 1 aromatic rings. The lowest BCUT2D eigenvalue weighted by Crippen LogP contribution is -2.15. The Balaban J connectivity index is 1.81. The van der Waals surface area contributed by atoms with Crippen LogP contribution in [0.3, 0.4) is 0 Å². The van der Waals surface area contributed by atoms with Crippen molar-refractivity contribution in [3.8, 4) is 0 Å². The van der Waals surface area contributed by atoms with Gasteiger partial charge in [0.15, 0.2) is 0 Å². The van der Waals surface area contributed by atoms with Gasteiger partial charge in [-0.05, 0) is 54.7 Å². The first-order chi connectivity index (χ1) is 8.15. The first-order valence-corrected chi connectivity index (χ1v) is 7.91. The molecule has 92 valence electrons. The van der Waals surface area contributed by atoms with E-state index in [1.807, 2.05) is 12.1 Å². The van der Waals surface area contributed by atoms with Gasteiger partial charge in [0.1, 0.15) is 0 Å². The van der Waals surface area contributed by atoms with Crippen molar-refractivity contribution in [1.82, 2.24) is 0 Å². The molecule has 0 N–H and O–H groups in total. The van der Waals surface area contributed by atoms with Crippen LogP contribution in [0.4, 0.5) is 0 Å². The summed E-state index contributed by atoms with van der Waals surface area (Å²) in [5.74, 6) is 2.68. The highest BCUT2D eigenvalue weighted by molar-refractivity contribution is 9.09. The second-order valence-electron chi connectivity index (χ2n) is 5.41. The summed E-state index contributed by atoms with van der Waals surface area (Å²) in [6.07, 6.45) is 5.68. The number of rotatable bonds is 2. The SMILES string of the molecule is Clc1ccc(C(Br)C2CC3CCC2C3)cc1Cl. The number of alkyl halides is 1. The Morgan fingerprint density at radius 2 is 1.94 bits per heavy atom. The van der Waals surface area contributed by atoms with Crippen LogP contribution in [-0.2, 0) is 0 Å². The smallest absolute Gasteiger partial charge is 0.0595 e.